The van der Waals surface area contributed by atoms with Gasteiger partial charge >= 0.3 is 6.03 Å². The summed E-state index contributed by atoms with van der Waals surface area (Å²) < 4.78 is 32.4. The maximum absolute atomic E-state index is 13.5. The average molecular weight is 324 g/mol. The number of urea groups is 1. The van der Waals surface area contributed by atoms with Gasteiger partial charge in [0.1, 0.15) is 29.3 Å². The smallest absolute Gasteiger partial charge is 0.315 e. The number of nitrogens with one attached hydrogen (secondary N) is 2. The molecule has 7 heteroatoms. The molecule has 0 aliphatic carbocycles. The van der Waals surface area contributed by atoms with Crippen molar-refractivity contribution in [2.24, 2.45) is 0 Å². The van der Waals surface area contributed by atoms with Crippen molar-refractivity contribution in [1.29, 1.82) is 0 Å². The lowest BCUT2D eigenvalue weighted by Gasteiger charge is -2.16. The maximum atomic E-state index is 13.5. The molecule has 2 atom stereocenters. The molecule has 0 radical (unpaired) electrons. The molecule has 1 heterocycles. The molecule has 2 unspecified atom stereocenters. The Hall–Kier alpha value is -2.41. The van der Waals surface area contributed by atoms with Crippen molar-refractivity contribution in [2.45, 2.75) is 26.0 Å². The Morgan fingerprint density at radius 3 is 2.48 bits per heavy atom. The van der Waals surface area contributed by atoms with Gasteiger partial charge in [0.15, 0.2) is 0 Å². The summed E-state index contributed by atoms with van der Waals surface area (Å²) in [6.07, 6.45) is -1.48. The molecule has 0 saturated carbocycles. The van der Waals surface area contributed by atoms with Gasteiger partial charge in [0.05, 0.1) is 11.6 Å². The lowest BCUT2D eigenvalue weighted by molar-refractivity contribution is 0.163. The summed E-state index contributed by atoms with van der Waals surface area (Å²) >= 11 is 0. The number of furan rings is 1. The molecule has 124 valence electrons. The third-order valence-electron chi connectivity index (χ3n) is 3.32. The number of benzene rings is 1. The normalized spacial score (nSPS) is 13.4. The first-order valence-corrected chi connectivity index (χ1v) is 7.11. The minimum Gasteiger partial charge on any atom is -0.464 e. The summed E-state index contributed by atoms with van der Waals surface area (Å²) in [4.78, 5) is 11.8. The highest BCUT2D eigenvalue weighted by Gasteiger charge is 2.19. The van der Waals surface area contributed by atoms with Gasteiger partial charge in [-0.2, -0.15) is 0 Å². The highest BCUT2D eigenvalue weighted by molar-refractivity contribution is 5.74. The second kappa shape index (κ2) is 7.23. The van der Waals surface area contributed by atoms with E-state index in [1.54, 1.807) is 26.0 Å². The van der Waals surface area contributed by atoms with Crippen molar-refractivity contribution in [3.05, 3.63) is 59.1 Å². The van der Waals surface area contributed by atoms with Crippen LogP contribution in [0.5, 0.6) is 0 Å². The molecule has 0 fully saturated rings. The van der Waals surface area contributed by atoms with E-state index < -0.39 is 29.3 Å². The van der Waals surface area contributed by atoms with E-state index >= 15 is 0 Å². The topological polar surface area (TPSA) is 74.5 Å². The van der Waals surface area contributed by atoms with E-state index in [1.165, 1.54) is 6.07 Å². The number of carbonyl (C=O) groups is 1. The molecule has 0 bridgehead atoms. The fraction of sp³-hybridized carbons (Fsp3) is 0.312. The number of hydrogen-bond acceptors (Lipinski definition) is 3. The fourth-order valence-electron chi connectivity index (χ4n) is 2.13. The first-order chi connectivity index (χ1) is 10.9. The number of hydrogen-bond donors (Lipinski definition) is 3. The number of aryl methyl sites for hydroxylation is 1. The predicted molar refractivity (Wildman–Crippen MR) is 79.7 cm³/mol. The third kappa shape index (κ3) is 4.29. The van der Waals surface area contributed by atoms with Crippen LogP contribution in [-0.4, -0.2) is 17.7 Å². The minimum absolute atomic E-state index is 0.326. The Morgan fingerprint density at radius 1 is 1.26 bits per heavy atom. The van der Waals surface area contributed by atoms with E-state index in [0.717, 1.165) is 17.9 Å². The fourth-order valence-corrected chi connectivity index (χ4v) is 2.13. The molecule has 0 spiro atoms. The molecule has 0 aliphatic heterocycles. The summed E-state index contributed by atoms with van der Waals surface area (Å²) in [6, 6.07) is 5.84. The largest absolute Gasteiger partial charge is 0.464 e. The van der Waals surface area contributed by atoms with Gasteiger partial charge in [-0.15, -0.1) is 0 Å². The highest BCUT2D eigenvalue weighted by Crippen LogP contribution is 2.20. The van der Waals surface area contributed by atoms with E-state index in [4.69, 9.17) is 4.42 Å². The quantitative estimate of drug-likeness (QED) is 0.791. The van der Waals surface area contributed by atoms with Crippen LogP contribution in [-0.2, 0) is 0 Å². The van der Waals surface area contributed by atoms with Gasteiger partial charge in [-0.25, -0.2) is 13.6 Å². The Morgan fingerprint density at radius 2 is 1.91 bits per heavy atom. The van der Waals surface area contributed by atoms with Crippen LogP contribution in [0.2, 0.25) is 0 Å². The molecule has 2 amide bonds. The van der Waals surface area contributed by atoms with E-state index in [1.807, 2.05) is 0 Å². The van der Waals surface area contributed by atoms with Gasteiger partial charge in [-0.05, 0) is 38.1 Å². The number of rotatable bonds is 5. The van der Waals surface area contributed by atoms with Crippen molar-refractivity contribution in [2.75, 3.05) is 6.54 Å². The highest BCUT2D eigenvalue weighted by atomic mass is 19.1. The molecule has 0 saturated heterocycles. The third-order valence-corrected chi connectivity index (χ3v) is 3.32. The summed E-state index contributed by atoms with van der Waals surface area (Å²) in [5.74, 6) is -0.420. The van der Waals surface area contributed by atoms with Crippen LogP contribution in [0.3, 0.4) is 0 Å². The number of aliphatic hydroxyl groups is 1. The molecule has 2 rings (SSSR count). The molecule has 1 aromatic heterocycles. The van der Waals surface area contributed by atoms with Crippen LogP contribution in [0.15, 0.2) is 34.7 Å². The first-order valence-electron chi connectivity index (χ1n) is 7.11. The van der Waals surface area contributed by atoms with E-state index in [2.05, 4.69) is 10.6 Å². The zero-order valence-corrected chi connectivity index (χ0v) is 12.8. The van der Waals surface area contributed by atoms with Gasteiger partial charge in [0.2, 0.25) is 0 Å². The van der Waals surface area contributed by atoms with E-state index in [-0.39, 0.29) is 12.6 Å². The van der Waals surface area contributed by atoms with Crippen LogP contribution in [0.25, 0.3) is 0 Å². The molecule has 0 aliphatic rings. The number of halogens is 2. The predicted octanol–water partition coefficient (Wildman–Crippen LogP) is 2.96. The molecular formula is C16H18F2N2O3. The molecule has 1 aromatic carbocycles. The number of amides is 2. The Balaban J connectivity index is 1.89. The van der Waals surface area contributed by atoms with Gasteiger partial charge in [0, 0.05) is 6.54 Å². The lowest BCUT2D eigenvalue weighted by Crippen LogP contribution is -2.39. The lowest BCUT2D eigenvalue weighted by atomic mass is 10.1. The van der Waals surface area contributed by atoms with Crippen molar-refractivity contribution >= 4 is 6.03 Å². The van der Waals surface area contributed by atoms with Crippen molar-refractivity contribution in [3.8, 4) is 0 Å². The SMILES string of the molecule is Cc1ccc(C(C)NC(=O)NCC(O)c2c(F)cccc2F)o1. The summed E-state index contributed by atoms with van der Waals surface area (Å²) in [5.41, 5.74) is -0.470. The van der Waals surface area contributed by atoms with Gasteiger partial charge < -0.3 is 20.2 Å². The van der Waals surface area contributed by atoms with Crippen LogP contribution in [0.4, 0.5) is 13.6 Å². The first kappa shape index (κ1) is 17.0. The van der Waals surface area contributed by atoms with Crippen molar-refractivity contribution in [3.63, 3.8) is 0 Å². The zero-order valence-electron chi connectivity index (χ0n) is 12.8. The molecular weight excluding hydrogens is 306 g/mol. The van der Waals surface area contributed by atoms with Crippen LogP contribution in [0.1, 0.15) is 36.2 Å². The summed E-state index contributed by atoms with van der Waals surface area (Å²) in [5, 5.41) is 14.8. The van der Waals surface area contributed by atoms with Crippen LogP contribution < -0.4 is 10.6 Å². The summed E-state index contributed by atoms with van der Waals surface area (Å²) in [7, 11) is 0. The molecule has 5 nitrogen and oxygen atoms in total. The maximum Gasteiger partial charge on any atom is 0.315 e. The van der Waals surface area contributed by atoms with E-state index in [0.29, 0.717) is 5.76 Å². The zero-order chi connectivity index (χ0) is 17.0. The average Bonchev–Trinajstić information content (AvgIpc) is 2.91. The van der Waals surface area contributed by atoms with Gasteiger partial charge in [-0.1, -0.05) is 6.07 Å². The summed E-state index contributed by atoms with van der Waals surface area (Å²) in [6.45, 7) is 3.19. The van der Waals surface area contributed by atoms with Crippen molar-refractivity contribution in [1.82, 2.24) is 10.6 Å². The Bertz CT molecular complexity index is 667. The standard InChI is InChI=1S/C16H18F2N2O3/c1-9-6-7-14(23-9)10(2)20-16(22)19-8-13(21)15-11(17)4-3-5-12(15)18/h3-7,10,13,21H,8H2,1-2H3,(H2,19,20,22). The Kier molecular flexibility index (Phi) is 5.33. The number of carbonyl (C=O) groups excluding carboxylic acids is 1. The van der Waals surface area contributed by atoms with Crippen LogP contribution >= 0.6 is 0 Å². The van der Waals surface area contributed by atoms with Crippen molar-refractivity contribution < 1.29 is 23.1 Å². The van der Waals surface area contributed by atoms with Gasteiger partial charge in [-0.3, -0.25) is 0 Å². The second-order valence-corrected chi connectivity index (χ2v) is 5.18. The Labute approximate surface area is 132 Å². The van der Waals surface area contributed by atoms with Gasteiger partial charge in [0.25, 0.3) is 0 Å². The van der Waals surface area contributed by atoms with E-state index in [9.17, 15) is 18.7 Å². The molecule has 2 aromatic rings. The van der Waals surface area contributed by atoms with Crippen LogP contribution in [0, 0.1) is 18.6 Å². The monoisotopic (exact) mass is 324 g/mol. The molecule has 23 heavy (non-hydrogen) atoms. The second-order valence-electron chi connectivity index (χ2n) is 5.18. The number of aliphatic hydroxyl groups excluding tert-OH is 1. The molecule has 3 N–H and O–H groups in total. The minimum atomic E-state index is -1.48.